The average molecular weight is 250 g/mol. The Morgan fingerprint density at radius 1 is 1.50 bits per heavy atom. The first-order valence-electron chi connectivity index (χ1n) is 4.04. The molecule has 0 aromatic heterocycles. The monoisotopic (exact) mass is 250 g/mol. The van der Waals surface area contributed by atoms with Crippen LogP contribution in [0.2, 0.25) is 0 Å². The van der Waals surface area contributed by atoms with Crippen LogP contribution in [-0.2, 0) is 0 Å². The van der Waals surface area contributed by atoms with Crippen LogP contribution < -0.4 is 0 Å². The van der Waals surface area contributed by atoms with Gasteiger partial charge >= 0.3 is 0 Å². The van der Waals surface area contributed by atoms with E-state index in [1.54, 1.807) is 0 Å². The molecule has 0 aliphatic heterocycles. The standard InChI is InChI=1S/C9H15I/c1-7-4-3-5-9(6-7)8(2)10/h7,9H,2-6H2,1H3/t7?,9-/m1/s1. The summed E-state index contributed by atoms with van der Waals surface area (Å²) in [5, 5.41) is 0. The molecule has 0 aromatic rings. The molecule has 0 N–H and O–H groups in total. The summed E-state index contributed by atoms with van der Waals surface area (Å²) in [5.41, 5.74) is 0. The van der Waals surface area contributed by atoms with Crippen LogP contribution >= 0.6 is 22.6 Å². The van der Waals surface area contributed by atoms with Crippen LogP contribution in [0.3, 0.4) is 0 Å². The molecular weight excluding hydrogens is 235 g/mol. The molecule has 0 spiro atoms. The van der Waals surface area contributed by atoms with Crippen molar-refractivity contribution in [1.82, 2.24) is 0 Å². The second kappa shape index (κ2) is 3.74. The summed E-state index contributed by atoms with van der Waals surface area (Å²) in [6.45, 7) is 6.35. The summed E-state index contributed by atoms with van der Waals surface area (Å²) < 4.78 is 1.36. The highest BCUT2D eigenvalue weighted by Crippen LogP contribution is 2.34. The Labute approximate surface area is 77.2 Å². The minimum atomic E-state index is 0.823. The van der Waals surface area contributed by atoms with E-state index in [2.05, 4.69) is 36.1 Å². The van der Waals surface area contributed by atoms with E-state index in [1.165, 1.54) is 29.3 Å². The van der Waals surface area contributed by atoms with Gasteiger partial charge in [-0.1, -0.05) is 26.3 Å². The highest BCUT2D eigenvalue weighted by atomic mass is 127. The molecule has 58 valence electrons. The SMILES string of the molecule is C=C(I)[C@@H]1CCCC(C)C1. The summed E-state index contributed by atoms with van der Waals surface area (Å²) in [4.78, 5) is 0. The first-order chi connectivity index (χ1) is 4.70. The van der Waals surface area contributed by atoms with Gasteiger partial charge in [-0.25, -0.2) is 0 Å². The summed E-state index contributed by atoms with van der Waals surface area (Å²) in [7, 11) is 0. The van der Waals surface area contributed by atoms with Crippen LogP contribution in [0, 0.1) is 11.8 Å². The van der Waals surface area contributed by atoms with E-state index in [1.807, 2.05) is 0 Å². The van der Waals surface area contributed by atoms with Gasteiger partial charge in [-0.05, 0) is 50.8 Å². The van der Waals surface area contributed by atoms with Gasteiger partial charge in [0, 0.05) is 0 Å². The van der Waals surface area contributed by atoms with Crippen molar-refractivity contribution in [1.29, 1.82) is 0 Å². The zero-order valence-corrected chi connectivity index (χ0v) is 8.73. The Balaban J connectivity index is 2.39. The average Bonchev–Trinajstić information content (AvgIpc) is 1.88. The smallest absolute Gasteiger partial charge is 0.0107 e. The number of hydrogen-bond donors (Lipinski definition) is 0. The Hall–Kier alpha value is 0.470. The quantitative estimate of drug-likeness (QED) is 0.621. The van der Waals surface area contributed by atoms with Crippen molar-refractivity contribution in [3.63, 3.8) is 0 Å². The zero-order valence-electron chi connectivity index (χ0n) is 6.57. The third-order valence-corrected chi connectivity index (χ3v) is 3.26. The fourth-order valence-corrected chi connectivity index (χ4v) is 2.28. The molecule has 0 bridgehead atoms. The second-order valence-corrected chi connectivity index (χ2v) is 4.80. The molecule has 0 amide bonds. The first kappa shape index (κ1) is 8.57. The lowest BCUT2D eigenvalue weighted by Crippen LogP contribution is -2.12. The third kappa shape index (κ3) is 2.26. The molecule has 1 unspecified atom stereocenters. The van der Waals surface area contributed by atoms with E-state index in [9.17, 15) is 0 Å². The van der Waals surface area contributed by atoms with Crippen LogP contribution in [0.1, 0.15) is 32.6 Å². The molecule has 1 heteroatoms. The molecule has 1 saturated carbocycles. The Morgan fingerprint density at radius 2 is 2.20 bits per heavy atom. The lowest BCUT2D eigenvalue weighted by Gasteiger charge is -2.25. The zero-order chi connectivity index (χ0) is 7.56. The molecule has 0 nitrogen and oxygen atoms in total. The normalized spacial score (nSPS) is 33.8. The van der Waals surface area contributed by atoms with Crippen molar-refractivity contribution in [3.8, 4) is 0 Å². The minimum absolute atomic E-state index is 0.823. The lowest BCUT2D eigenvalue weighted by atomic mass is 9.83. The highest BCUT2D eigenvalue weighted by Gasteiger charge is 2.19. The Kier molecular flexibility index (Phi) is 3.21. The topological polar surface area (TPSA) is 0 Å². The largest absolute Gasteiger partial charge is 0.0894 e. The lowest BCUT2D eigenvalue weighted by molar-refractivity contribution is 0.324. The van der Waals surface area contributed by atoms with E-state index >= 15 is 0 Å². The molecule has 0 aromatic carbocycles. The molecule has 1 aliphatic carbocycles. The first-order valence-corrected chi connectivity index (χ1v) is 5.12. The maximum Gasteiger partial charge on any atom is -0.0107 e. The van der Waals surface area contributed by atoms with Crippen molar-refractivity contribution in [3.05, 3.63) is 10.2 Å². The summed E-state index contributed by atoms with van der Waals surface area (Å²) in [5.74, 6) is 1.76. The predicted molar refractivity (Wildman–Crippen MR) is 54.3 cm³/mol. The maximum atomic E-state index is 4.00. The van der Waals surface area contributed by atoms with Crippen LogP contribution in [-0.4, -0.2) is 0 Å². The Morgan fingerprint density at radius 3 is 2.60 bits per heavy atom. The second-order valence-electron chi connectivity index (χ2n) is 3.42. The van der Waals surface area contributed by atoms with Crippen molar-refractivity contribution >= 4 is 22.6 Å². The van der Waals surface area contributed by atoms with Gasteiger partial charge in [0.25, 0.3) is 0 Å². The van der Waals surface area contributed by atoms with Gasteiger partial charge in [0.15, 0.2) is 0 Å². The summed E-state index contributed by atoms with van der Waals surface area (Å²) >= 11 is 2.38. The van der Waals surface area contributed by atoms with Crippen LogP contribution in [0.5, 0.6) is 0 Å². The van der Waals surface area contributed by atoms with Gasteiger partial charge in [0.2, 0.25) is 0 Å². The van der Waals surface area contributed by atoms with Crippen molar-refractivity contribution in [2.45, 2.75) is 32.6 Å². The molecule has 0 heterocycles. The molecule has 1 fully saturated rings. The molecule has 10 heavy (non-hydrogen) atoms. The number of hydrogen-bond acceptors (Lipinski definition) is 0. The molecular formula is C9H15I. The van der Waals surface area contributed by atoms with Gasteiger partial charge < -0.3 is 0 Å². The minimum Gasteiger partial charge on any atom is -0.0894 e. The molecule has 1 rings (SSSR count). The number of allylic oxidation sites excluding steroid dienone is 1. The van der Waals surface area contributed by atoms with E-state index in [0.717, 1.165) is 11.8 Å². The third-order valence-electron chi connectivity index (χ3n) is 2.38. The van der Waals surface area contributed by atoms with Crippen LogP contribution in [0.25, 0.3) is 0 Å². The molecule has 0 saturated heterocycles. The van der Waals surface area contributed by atoms with E-state index in [4.69, 9.17) is 0 Å². The number of rotatable bonds is 1. The van der Waals surface area contributed by atoms with E-state index in [0.29, 0.717) is 0 Å². The molecule has 1 aliphatic rings. The Bertz CT molecular complexity index is 129. The van der Waals surface area contributed by atoms with Crippen molar-refractivity contribution < 1.29 is 0 Å². The fraction of sp³-hybridized carbons (Fsp3) is 0.778. The fourth-order valence-electron chi connectivity index (χ4n) is 1.72. The highest BCUT2D eigenvalue weighted by molar-refractivity contribution is 14.1. The number of halogens is 1. The summed E-state index contributed by atoms with van der Waals surface area (Å²) in [6.07, 6.45) is 5.60. The predicted octanol–water partition coefficient (Wildman–Crippen LogP) is 3.76. The van der Waals surface area contributed by atoms with Crippen molar-refractivity contribution in [2.75, 3.05) is 0 Å². The van der Waals surface area contributed by atoms with Crippen LogP contribution in [0.15, 0.2) is 10.2 Å². The van der Waals surface area contributed by atoms with E-state index < -0.39 is 0 Å². The van der Waals surface area contributed by atoms with Crippen molar-refractivity contribution in [2.24, 2.45) is 11.8 Å². The van der Waals surface area contributed by atoms with Gasteiger partial charge in [0.05, 0.1) is 0 Å². The van der Waals surface area contributed by atoms with E-state index in [-0.39, 0.29) is 0 Å². The maximum absolute atomic E-state index is 4.00. The van der Waals surface area contributed by atoms with Gasteiger partial charge in [-0.2, -0.15) is 0 Å². The molecule has 2 atom stereocenters. The van der Waals surface area contributed by atoms with Gasteiger partial charge in [0.1, 0.15) is 0 Å². The van der Waals surface area contributed by atoms with Gasteiger partial charge in [-0.3, -0.25) is 0 Å². The molecule has 0 radical (unpaired) electrons. The van der Waals surface area contributed by atoms with Crippen LogP contribution in [0.4, 0.5) is 0 Å². The van der Waals surface area contributed by atoms with Gasteiger partial charge in [-0.15, -0.1) is 0 Å². The summed E-state index contributed by atoms with van der Waals surface area (Å²) in [6, 6.07) is 0.